The normalized spacial score (nSPS) is 28.5. The number of carbonyl (C=O) groups is 2. The molecule has 2 rings (SSSR count). The molecule has 1 aromatic rings. The van der Waals surface area contributed by atoms with Gasteiger partial charge in [-0.05, 0) is 18.9 Å². The van der Waals surface area contributed by atoms with Crippen LogP contribution < -0.4 is 0 Å². The molecule has 1 aliphatic rings. The van der Waals surface area contributed by atoms with E-state index in [-0.39, 0.29) is 6.61 Å². The van der Waals surface area contributed by atoms with Crippen molar-refractivity contribution < 1.29 is 49.3 Å². The molecule has 0 amide bonds. The summed E-state index contributed by atoms with van der Waals surface area (Å²) in [5.41, 5.74) is -0.796. The lowest BCUT2D eigenvalue weighted by atomic mass is 9.98. The van der Waals surface area contributed by atoms with Crippen LogP contribution in [0.1, 0.15) is 25.3 Å². The van der Waals surface area contributed by atoms with Gasteiger partial charge in [0.25, 0.3) is 0 Å². The fraction of sp³-hybridized carbons (Fsp3) is 0.600. The smallest absolute Gasteiger partial charge is 0.308 e. The fourth-order valence-corrected chi connectivity index (χ4v) is 3.05. The fourth-order valence-electron chi connectivity index (χ4n) is 3.05. The standard InChI is InChI=1S/C20H28O10/c1-20(27,9-14(21)22)10-15(23)29-11-13-16(24)17(25)18(26)19(30-13)28-8-7-12-5-3-2-4-6-12/h2-6,13,16-19,24-27H,7-11H2,1H3,(H,21,22)/t13-,16-,17+,18-,19-,20+/m1/s1. The molecule has 168 valence electrons. The van der Waals surface area contributed by atoms with E-state index in [9.17, 15) is 30.0 Å². The van der Waals surface area contributed by atoms with Gasteiger partial charge in [0.2, 0.25) is 0 Å². The third kappa shape index (κ3) is 7.31. The Hall–Kier alpha value is -2.08. The number of hydrogen-bond acceptors (Lipinski definition) is 9. The van der Waals surface area contributed by atoms with E-state index >= 15 is 0 Å². The Morgan fingerprint density at radius 1 is 1.07 bits per heavy atom. The Bertz CT molecular complexity index is 692. The van der Waals surface area contributed by atoms with Crippen LogP contribution in [-0.2, 0) is 30.2 Å². The largest absolute Gasteiger partial charge is 0.481 e. The number of carbonyl (C=O) groups excluding carboxylic acids is 1. The predicted molar refractivity (Wildman–Crippen MR) is 101 cm³/mol. The van der Waals surface area contributed by atoms with Crippen LogP contribution in [0.3, 0.4) is 0 Å². The topological polar surface area (TPSA) is 163 Å². The summed E-state index contributed by atoms with van der Waals surface area (Å²) < 4.78 is 15.9. The van der Waals surface area contributed by atoms with Gasteiger partial charge >= 0.3 is 11.9 Å². The first-order valence-corrected chi connectivity index (χ1v) is 9.54. The molecule has 1 saturated heterocycles. The second kappa shape index (κ2) is 10.8. The molecule has 1 fully saturated rings. The van der Waals surface area contributed by atoms with Crippen LogP contribution in [0.5, 0.6) is 0 Å². The van der Waals surface area contributed by atoms with Gasteiger partial charge in [-0.15, -0.1) is 0 Å². The number of hydrogen-bond donors (Lipinski definition) is 5. The lowest BCUT2D eigenvalue weighted by molar-refractivity contribution is -0.301. The van der Waals surface area contributed by atoms with E-state index in [4.69, 9.17) is 19.3 Å². The van der Waals surface area contributed by atoms with Crippen LogP contribution in [0.15, 0.2) is 30.3 Å². The maximum absolute atomic E-state index is 11.9. The number of aliphatic carboxylic acids is 1. The monoisotopic (exact) mass is 428 g/mol. The number of aliphatic hydroxyl groups excluding tert-OH is 3. The summed E-state index contributed by atoms with van der Waals surface area (Å²) in [7, 11) is 0. The quantitative estimate of drug-likeness (QED) is 0.299. The molecule has 0 bridgehead atoms. The molecule has 0 saturated carbocycles. The summed E-state index contributed by atoms with van der Waals surface area (Å²) in [5.74, 6) is -2.18. The van der Waals surface area contributed by atoms with Crippen LogP contribution in [0.25, 0.3) is 0 Å². The van der Waals surface area contributed by atoms with Gasteiger partial charge < -0.3 is 39.7 Å². The van der Waals surface area contributed by atoms with Gasteiger partial charge in [0.15, 0.2) is 6.29 Å². The van der Waals surface area contributed by atoms with Crippen molar-refractivity contribution in [1.82, 2.24) is 0 Å². The Labute approximate surface area is 173 Å². The van der Waals surface area contributed by atoms with Crippen molar-refractivity contribution in [2.24, 2.45) is 0 Å². The van der Waals surface area contributed by atoms with Gasteiger partial charge in [0.05, 0.1) is 25.0 Å². The molecule has 0 aromatic heterocycles. The van der Waals surface area contributed by atoms with Crippen molar-refractivity contribution in [1.29, 1.82) is 0 Å². The molecule has 1 heterocycles. The minimum atomic E-state index is -1.80. The first-order chi connectivity index (χ1) is 14.1. The highest BCUT2D eigenvalue weighted by Crippen LogP contribution is 2.23. The Balaban J connectivity index is 1.85. The van der Waals surface area contributed by atoms with Crippen LogP contribution in [0.2, 0.25) is 0 Å². The third-order valence-electron chi connectivity index (χ3n) is 4.65. The Kier molecular flexibility index (Phi) is 8.71. The van der Waals surface area contributed by atoms with Gasteiger partial charge in [-0.25, -0.2) is 0 Å². The highest BCUT2D eigenvalue weighted by molar-refractivity contribution is 5.73. The van der Waals surface area contributed by atoms with E-state index in [0.717, 1.165) is 5.56 Å². The van der Waals surface area contributed by atoms with E-state index in [1.54, 1.807) is 0 Å². The molecule has 0 radical (unpaired) electrons. The molecular formula is C20H28O10. The van der Waals surface area contributed by atoms with Crippen LogP contribution in [0.4, 0.5) is 0 Å². The summed E-state index contributed by atoms with van der Waals surface area (Å²) in [6.07, 6.45) is -7.74. The van der Waals surface area contributed by atoms with Crippen LogP contribution >= 0.6 is 0 Å². The molecule has 0 aliphatic carbocycles. The summed E-state index contributed by atoms with van der Waals surface area (Å²) >= 11 is 0. The number of aliphatic hydroxyl groups is 4. The minimum Gasteiger partial charge on any atom is -0.481 e. The average Bonchev–Trinajstić information content (AvgIpc) is 2.66. The zero-order chi connectivity index (χ0) is 22.3. The van der Waals surface area contributed by atoms with E-state index in [2.05, 4.69) is 0 Å². The molecule has 0 unspecified atom stereocenters. The lowest BCUT2D eigenvalue weighted by Crippen LogP contribution is -2.59. The third-order valence-corrected chi connectivity index (χ3v) is 4.65. The number of carboxylic acids is 1. The number of carboxylic acid groups (broad SMARTS) is 1. The SMILES string of the molecule is C[C@](O)(CC(=O)O)CC(=O)OC[C@H]1O[C@@H](OCCc2ccccc2)[C@H](O)[C@@H](O)[C@@H]1O. The minimum absolute atomic E-state index is 0.180. The average molecular weight is 428 g/mol. The van der Waals surface area contributed by atoms with Crippen molar-refractivity contribution in [2.45, 2.75) is 62.5 Å². The number of ether oxygens (including phenoxy) is 3. The molecule has 1 aromatic carbocycles. The van der Waals surface area contributed by atoms with E-state index in [0.29, 0.717) is 6.42 Å². The molecule has 5 N–H and O–H groups in total. The molecule has 6 atom stereocenters. The van der Waals surface area contributed by atoms with Gasteiger partial charge in [-0.1, -0.05) is 30.3 Å². The van der Waals surface area contributed by atoms with E-state index < -0.39 is 67.7 Å². The maximum Gasteiger partial charge on any atom is 0.308 e. The van der Waals surface area contributed by atoms with Crippen LogP contribution in [0, 0.1) is 0 Å². The summed E-state index contributed by atoms with van der Waals surface area (Å²) in [5, 5.41) is 48.8. The molecule has 30 heavy (non-hydrogen) atoms. The van der Waals surface area contributed by atoms with Gasteiger partial charge in [-0.3, -0.25) is 9.59 Å². The van der Waals surface area contributed by atoms with Crippen molar-refractivity contribution in [3.63, 3.8) is 0 Å². The molecular weight excluding hydrogens is 400 g/mol. The number of rotatable bonds is 10. The maximum atomic E-state index is 11.9. The lowest BCUT2D eigenvalue weighted by Gasteiger charge is -2.40. The molecule has 1 aliphatic heterocycles. The van der Waals surface area contributed by atoms with Crippen molar-refractivity contribution >= 4 is 11.9 Å². The summed E-state index contributed by atoms with van der Waals surface area (Å²) in [6.45, 7) is 0.885. The molecule has 10 heteroatoms. The zero-order valence-corrected chi connectivity index (χ0v) is 16.6. The predicted octanol–water partition coefficient (Wildman–Crippen LogP) is -0.788. The highest BCUT2D eigenvalue weighted by Gasteiger charge is 2.45. The van der Waals surface area contributed by atoms with Crippen LogP contribution in [-0.4, -0.2) is 87.0 Å². The van der Waals surface area contributed by atoms with Crippen molar-refractivity contribution in [3.05, 3.63) is 35.9 Å². The Morgan fingerprint density at radius 3 is 2.37 bits per heavy atom. The number of benzene rings is 1. The van der Waals surface area contributed by atoms with Gasteiger partial charge in [0.1, 0.15) is 31.0 Å². The molecule has 10 nitrogen and oxygen atoms in total. The van der Waals surface area contributed by atoms with E-state index in [1.165, 1.54) is 6.92 Å². The molecule has 0 spiro atoms. The van der Waals surface area contributed by atoms with Crippen molar-refractivity contribution in [3.8, 4) is 0 Å². The van der Waals surface area contributed by atoms with Crippen molar-refractivity contribution in [2.75, 3.05) is 13.2 Å². The second-order valence-electron chi connectivity index (χ2n) is 7.55. The first-order valence-electron chi connectivity index (χ1n) is 9.54. The van der Waals surface area contributed by atoms with Gasteiger partial charge in [0, 0.05) is 0 Å². The summed E-state index contributed by atoms with van der Waals surface area (Å²) in [4.78, 5) is 22.6. The first kappa shape index (κ1) is 24.2. The highest BCUT2D eigenvalue weighted by atomic mass is 16.7. The Morgan fingerprint density at radius 2 is 1.73 bits per heavy atom. The zero-order valence-electron chi connectivity index (χ0n) is 16.6. The number of esters is 1. The second-order valence-corrected chi connectivity index (χ2v) is 7.55. The van der Waals surface area contributed by atoms with Gasteiger partial charge in [-0.2, -0.15) is 0 Å². The van der Waals surface area contributed by atoms with E-state index in [1.807, 2.05) is 30.3 Å². The summed E-state index contributed by atoms with van der Waals surface area (Å²) in [6, 6.07) is 9.44.